The highest BCUT2D eigenvalue weighted by Gasteiger charge is 2.36. The van der Waals surface area contributed by atoms with Crippen molar-refractivity contribution in [3.63, 3.8) is 0 Å². The summed E-state index contributed by atoms with van der Waals surface area (Å²) in [5.41, 5.74) is 1.52. The van der Waals surface area contributed by atoms with Crippen LogP contribution in [0.4, 0.5) is 0 Å². The molecule has 58 valence electrons. The molecule has 0 amide bonds. The number of hydrogen-bond donors (Lipinski definition) is 1. The minimum Gasteiger partial charge on any atom is -0.388 e. The minimum atomic E-state index is 0.314. The molecule has 1 nitrogen and oxygen atoms in total. The second-order valence-electron chi connectivity index (χ2n) is 3.69. The predicted molar refractivity (Wildman–Crippen MR) is 44.7 cm³/mol. The molecular weight excluding hydrogens is 122 g/mol. The number of rotatable bonds is 1. The van der Waals surface area contributed by atoms with Gasteiger partial charge < -0.3 is 5.32 Å². The Bertz CT molecular complexity index is 147. The number of nitrogens with one attached hydrogen (secondary N) is 1. The van der Waals surface area contributed by atoms with Crippen LogP contribution in [0.1, 0.15) is 27.2 Å². The summed E-state index contributed by atoms with van der Waals surface area (Å²) in [7, 11) is 0. The van der Waals surface area contributed by atoms with E-state index in [1.807, 2.05) is 0 Å². The van der Waals surface area contributed by atoms with Crippen molar-refractivity contribution in [3.8, 4) is 0 Å². The predicted octanol–water partition coefficient (Wildman–Crippen LogP) is 2.16. The second-order valence-corrected chi connectivity index (χ2v) is 3.69. The van der Waals surface area contributed by atoms with Crippen LogP contribution in [0, 0.1) is 11.3 Å². The molecule has 0 saturated carbocycles. The third-order valence-corrected chi connectivity index (χ3v) is 2.85. The van der Waals surface area contributed by atoms with Gasteiger partial charge in [0.05, 0.1) is 0 Å². The van der Waals surface area contributed by atoms with E-state index in [-0.39, 0.29) is 0 Å². The summed E-state index contributed by atoms with van der Waals surface area (Å²) in [5, 5.41) is 3.32. The molecule has 1 heteroatoms. The third-order valence-electron chi connectivity index (χ3n) is 2.85. The largest absolute Gasteiger partial charge is 0.388 e. The topological polar surface area (TPSA) is 12.0 Å². The molecule has 0 aliphatic carbocycles. The average molecular weight is 139 g/mol. The van der Waals surface area contributed by atoms with E-state index in [2.05, 4.69) is 32.7 Å². The van der Waals surface area contributed by atoms with E-state index in [9.17, 15) is 0 Å². The van der Waals surface area contributed by atoms with Gasteiger partial charge in [0.1, 0.15) is 0 Å². The van der Waals surface area contributed by atoms with Gasteiger partial charge in [0.15, 0.2) is 0 Å². The van der Waals surface area contributed by atoms with E-state index in [1.54, 1.807) is 0 Å². The van der Waals surface area contributed by atoms with Gasteiger partial charge in [0, 0.05) is 17.7 Å². The van der Waals surface area contributed by atoms with Gasteiger partial charge in [-0.05, 0) is 5.92 Å². The van der Waals surface area contributed by atoms with Crippen LogP contribution in [-0.4, -0.2) is 6.54 Å². The second kappa shape index (κ2) is 2.30. The van der Waals surface area contributed by atoms with Gasteiger partial charge in [0.2, 0.25) is 0 Å². The molecule has 1 unspecified atom stereocenters. The Labute approximate surface area is 63.5 Å². The maximum Gasteiger partial charge on any atom is 0.0181 e. The summed E-state index contributed by atoms with van der Waals surface area (Å²) in [6.07, 6.45) is 1.25. The Hall–Kier alpha value is -0.460. The van der Waals surface area contributed by atoms with Crippen molar-refractivity contribution < 1.29 is 0 Å². The average Bonchev–Trinajstić information content (AvgIpc) is 2.10. The van der Waals surface area contributed by atoms with Gasteiger partial charge in [-0.1, -0.05) is 33.8 Å². The zero-order valence-electron chi connectivity index (χ0n) is 7.20. The molecule has 0 spiro atoms. The van der Waals surface area contributed by atoms with E-state index in [0.29, 0.717) is 5.41 Å². The third kappa shape index (κ3) is 0.938. The van der Waals surface area contributed by atoms with Crippen LogP contribution in [0.25, 0.3) is 0 Å². The zero-order chi connectivity index (χ0) is 7.78. The zero-order valence-corrected chi connectivity index (χ0v) is 7.20. The maximum atomic E-state index is 3.99. The van der Waals surface area contributed by atoms with Crippen LogP contribution in [0.5, 0.6) is 0 Å². The molecule has 1 aliphatic rings. The molecule has 1 saturated heterocycles. The van der Waals surface area contributed by atoms with Crippen LogP contribution in [0.3, 0.4) is 0 Å². The Morgan fingerprint density at radius 3 is 2.50 bits per heavy atom. The van der Waals surface area contributed by atoms with Crippen LogP contribution >= 0.6 is 0 Å². The Morgan fingerprint density at radius 1 is 1.70 bits per heavy atom. The van der Waals surface area contributed by atoms with E-state index in [4.69, 9.17) is 0 Å². The van der Waals surface area contributed by atoms with Crippen LogP contribution in [0.2, 0.25) is 0 Å². The minimum absolute atomic E-state index is 0.314. The van der Waals surface area contributed by atoms with Gasteiger partial charge in [-0.2, -0.15) is 0 Å². The monoisotopic (exact) mass is 139 g/mol. The lowest BCUT2D eigenvalue weighted by Gasteiger charge is -2.24. The van der Waals surface area contributed by atoms with Crippen LogP contribution in [0.15, 0.2) is 12.3 Å². The summed E-state index contributed by atoms with van der Waals surface area (Å²) in [5.74, 6) is 0.778. The first kappa shape index (κ1) is 7.64. The summed E-state index contributed by atoms with van der Waals surface area (Å²) in [4.78, 5) is 0. The van der Waals surface area contributed by atoms with Crippen LogP contribution in [-0.2, 0) is 0 Å². The molecule has 1 aliphatic heterocycles. The van der Waals surface area contributed by atoms with E-state index in [1.165, 1.54) is 12.1 Å². The van der Waals surface area contributed by atoms with Crippen molar-refractivity contribution in [2.24, 2.45) is 11.3 Å². The van der Waals surface area contributed by atoms with E-state index >= 15 is 0 Å². The number of allylic oxidation sites excluding steroid dienone is 1. The molecule has 0 bridgehead atoms. The summed E-state index contributed by atoms with van der Waals surface area (Å²) < 4.78 is 0. The van der Waals surface area contributed by atoms with E-state index < -0.39 is 0 Å². The Balaban J connectivity index is 2.73. The highest BCUT2D eigenvalue weighted by Crippen LogP contribution is 2.38. The van der Waals surface area contributed by atoms with Gasteiger partial charge in [-0.3, -0.25) is 0 Å². The van der Waals surface area contributed by atoms with E-state index in [0.717, 1.165) is 12.5 Å². The fourth-order valence-corrected chi connectivity index (χ4v) is 1.63. The fourth-order valence-electron chi connectivity index (χ4n) is 1.63. The standard InChI is InChI=1S/C9H17N/c1-5-8-6-10-7(2)9(8,3)4/h8,10H,2,5-6H2,1,3-4H3. The van der Waals surface area contributed by atoms with Crippen molar-refractivity contribution in [2.75, 3.05) is 6.54 Å². The lowest BCUT2D eigenvalue weighted by molar-refractivity contribution is 0.312. The molecule has 1 rings (SSSR count). The van der Waals surface area contributed by atoms with Gasteiger partial charge in [0.25, 0.3) is 0 Å². The molecule has 10 heavy (non-hydrogen) atoms. The first-order valence-corrected chi connectivity index (χ1v) is 4.02. The summed E-state index contributed by atoms with van der Waals surface area (Å²) in [6.45, 7) is 11.9. The molecule has 1 fully saturated rings. The van der Waals surface area contributed by atoms with Gasteiger partial charge in [-0.15, -0.1) is 0 Å². The van der Waals surface area contributed by atoms with Crippen LogP contribution < -0.4 is 5.32 Å². The lowest BCUT2D eigenvalue weighted by Crippen LogP contribution is -2.19. The quantitative estimate of drug-likeness (QED) is 0.587. The fraction of sp³-hybridized carbons (Fsp3) is 0.778. The highest BCUT2D eigenvalue weighted by molar-refractivity contribution is 5.13. The van der Waals surface area contributed by atoms with Crippen molar-refractivity contribution in [1.29, 1.82) is 0 Å². The van der Waals surface area contributed by atoms with Gasteiger partial charge >= 0.3 is 0 Å². The SMILES string of the molecule is C=C1NCC(CC)C1(C)C. The molecular formula is C9H17N. The summed E-state index contributed by atoms with van der Waals surface area (Å²) in [6, 6.07) is 0. The number of hydrogen-bond acceptors (Lipinski definition) is 1. The Morgan fingerprint density at radius 2 is 2.30 bits per heavy atom. The van der Waals surface area contributed by atoms with Crippen molar-refractivity contribution in [3.05, 3.63) is 12.3 Å². The molecule has 0 radical (unpaired) electrons. The summed E-state index contributed by atoms with van der Waals surface area (Å²) >= 11 is 0. The first-order valence-electron chi connectivity index (χ1n) is 4.02. The normalized spacial score (nSPS) is 30.3. The lowest BCUT2D eigenvalue weighted by atomic mass is 9.79. The molecule has 0 aromatic carbocycles. The molecule has 0 aromatic rings. The van der Waals surface area contributed by atoms with Gasteiger partial charge in [-0.25, -0.2) is 0 Å². The first-order chi connectivity index (χ1) is 4.59. The molecule has 0 aromatic heterocycles. The van der Waals surface area contributed by atoms with Crippen molar-refractivity contribution in [2.45, 2.75) is 27.2 Å². The maximum absolute atomic E-state index is 3.99. The Kier molecular flexibility index (Phi) is 1.76. The smallest absolute Gasteiger partial charge is 0.0181 e. The molecule has 1 atom stereocenters. The highest BCUT2D eigenvalue weighted by atomic mass is 14.9. The van der Waals surface area contributed by atoms with Crippen molar-refractivity contribution >= 4 is 0 Å². The van der Waals surface area contributed by atoms with Crippen molar-refractivity contribution in [1.82, 2.24) is 5.32 Å². The molecule has 1 heterocycles. The molecule has 1 N–H and O–H groups in total.